The summed E-state index contributed by atoms with van der Waals surface area (Å²) in [6.45, 7) is 0. The van der Waals surface area contributed by atoms with E-state index in [0.717, 1.165) is 6.07 Å². The summed E-state index contributed by atoms with van der Waals surface area (Å²) in [6, 6.07) is 2.37. The Hall–Kier alpha value is -1.22. The zero-order valence-electron chi connectivity index (χ0n) is 6.14. The maximum Gasteiger partial charge on any atom is 0.267 e. The van der Waals surface area contributed by atoms with Crippen molar-refractivity contribution in [1.29, 1.82) is 5.26 Å². The quantitative estimate of drug-likeness (QED) is 0.773. The van der Waals surface area contributed by atoms with Gasteiger partial charge in [0.15, 0.2) is 0 Å². The van der Waals surface area contributed by atoms with Crippen molar-refractivity contribution in [3.63, 3.8) is 0 Å². The summed E-state index contributed by atoms with van der Waals surface area (Å²) in [7, 11) is 0. The molecule has 0 fully saturated rings. The van der Waals surface area contributed by atoms with Crippen molar-refractivity contribution in [3.05, 3.63) is 32.2 Å². The summed E-state index contributed by atoms with van der Waals surface area (Å²) in [5, 5.41) is 8.46. The molecule has 0 bridgehead atoms. The maximum atomic E-state index is 12.3. The van der Waals surface area contributed by atoms with Gasteiger partial charge in [-0.25, -0.2) is 8.78 Å². The molecular formula is C7H3BrF2N2O. The van der Waals surface area contributed by atoms with Gasteiger partial charge in [0.25, 0.3) is 6.43 Å². The van der Waals surface area contributed by atoms with Crippen molar-refractivity contribution < 1.29 is 8.78 Å². The molecule has 0 aliphatic heterocycles. The fraction of sp³-hybridized carbons (Fsp3) is 0.143. The van der Waals surface area contributed by atoms with E-state index in [4.69, 9.17) is 5.26 Å². The number of H-pyrrole nitrogens is 1. The number of nitriles is 1. The van der Waals surface area contributed by atoms with Crippen LogP contribution in [0.2, 0.25) is 0 Å². The molecule has 0 radical (unpaired) electrons. The summed E-state index contributed by atoms with van der Waals surface area (Å²) in [4.78, 5) is 12.9. The lowest BCUT2D eigenvalue weighted by atomic mass is 10.2. The molecule has 1 N–H and O–H groups in total. The van der Waals surface area contributed by atoms with Gasteiger partial charge in [0.05, 0.1) is 21.8 Å². The summed E-state index contributed by atoms with van der Waals surface area (Å²) in [5.74, 6) is 0. The van der Waals surface area contributed by atoms with E-state index in [0.29, 0.717) is 0 Å². The fourth-order valence-electron chi connectivity index (χ4n) is 0.845. The molecule has 1 aromatic rings. The number of alkyl halides is 2. The van der Waals surface area contributed by atoms with Crippen LogP contribution in [0.5, 0.6) is 0 Å². The average molecular weight is 249 g/mol. The van der Waals surface area contributed by atoms with E-state index in [9.17, 15) is 13.6 Å². The molecule has 0 saturated heterocycles. The van der Waals surface area contributed by atoms with Crippen LogP contribution in [0.25, 0.3) is 0 Å². The predicted molar refractivity (Wildman–Crippen MR) is 44.4 cm³/mol. The minimum Gasteiger partial charge on any atom is -0.316 e. The van der Waals surface area contributed by atoms with E-state index in [1.54, 1.807) is 0 Å². The van der Waals surface area contributed by atoms with Crippen molar-refractivity contribution in [3.8, 4) is 6.07 Å². The van der Waals surface area contributed by atoms with Gasteiger partial charge in [0, 0.05) is 6.07 Å². The van der Waals surface area contributed by atoms with Gasteiger partial charge in [-0.3, -0.25) is 4.79 Å². The number of hydrogen-bond donors (Lipinski definition) is 1. The van der Waals surface area contributed by atoms with Gasteiger partial charge in [-0.2, -0.15) is 5.26 Å². The number of halogens is 3. The van der Waals surface area contributed by atoms with Crippen LogP contribution >= 0.6 is 15.9 Å². The van der Waals surface area contributed by atoms with Crippen molar-refractivity contribution in [2.45, 2.75) is 6.43 Å². The Morgan fingerprint density at radius 2 is 2.23 bits per heavy atom. The Labute approximate surface area is 80.1 Å². The molecule has 0 amide bonds. The topological polar surface area (TPSA) is 56.6 Å². The first kappa shape index (κ1) is 9.86. The molecule has 1 aromatic heterocycles. The molecule has 1 rings (SSSR count). The van der Waals surface area contributed by atoms with Crippen molar-refractivity contribution in [2.75, 3.05) is 0 Å². The SMILES string of the molecule is N#Cc1cc(=O)[nH]c(Br)c1C(F)F. The third-order valence-corrected chi connectivity index (χ3v) is 2.00. The second-order valence-electron chi connectivity index (χ2n) is 2.19. The van der Waals surface area contributed by atoms with Gasteiger partial charge < -0.3 is 4.98 Å². The molecule has 0 atom stereocenters. The number of aromatic amines is 1. The number of nitrogens with zero attached hydrogens (tertiary/aromatic N) is 1. The summed E-state index contributed by atoms with van der Waals surface area (Å²) >= 11 is 2.75. The highest BCUT2D eigenvalue weighted by atomic mass is 79.9. The average Bonchev–Trinajstić information content (AvgIpc) is 2.01. The smallest absolute Gasteiger partial charge is 0.267 e. The number of pyridine rings is 1. The van der Waals surface area contributed by atoms with Crippen LogP contribution in [0.1, 0.15) is 17.6 Å². The Balaban J connectivity index is 3.50. The van der Waals surface area contributed by atoms with Crippen LogP contribution in [0.15, 0.2) is 15.5 Å². The lowest BCUT2D eigenvalue weighted by Gasteiger charge is -2.03. The first-order valence-corrected chi connectivity index (χ1v) is 3.96. The highest BCUT2D eigenvalue weighted by Gasteiger charge is 2.17. The molecule has 3 nitrogen and oxygen atoms in total. The Morgan fingerprint density at radius 1 is 1.62 bits per heavy atom. The van der Waals surface area contributed by atoms with Crippen LogP contribution in [0, 0.1) is 11.3 Å². The third kappa shape index (κ3) is 1.92. The molecule has 1 heterocycles. The summed E-state index contributed by atoms with van der Waals surface area (Å²) < 4.78 is 24.5. The molecule has 0 aromatic carbocycles. The number of aromatic nitrogens is 1. The van der Waals surface area contributed by atoms with E-state index < -0.39 is 17.5 Å². The number of nitrogens with one attached hydrogen (secondary N) is 1. The molecular weight excluding hydrogens is 246 g/mol. The summed E-state index contributed by atoms with van der Waals surface area (Å²) in [6.07, 6.45) is -2.79. The predicted octanol–water partition coefficient (Wildman–Crippen LogP) is 1.95. The number of rotatable bonds is 1. The first-order chi connectivity index (χ1) is 6.06. The van der Waals surface area contributed by atoms with E-state index in [2.05, 4.69) is 20.9 Å². The second-order valence-corrected chi connectivity index (χ2v) is 2.98. The molecule has 0 spiro atoms. The van der Waals surface area contributed by atoms with E-state index in [1.165, 1.54) is 6.07 Å². The largest absolute Gasteiger partial charge is 0.316 e. The van der Waals surface area contributed by atoms with Crippen LogP contribution in [0.4, 0.5) is 8.78 Å². The van der Waals surface area contributed by atoms with E-state index >= 15 is 0 Å². The number of hydrogen-bond acceptors (Lipinski definition) is 2. The van der Waals surface area contributed by atoms with Crippen LogP contribution < -0.4 is 5.56 Å². The first-order valence-electron chi connectivity index (χ1n) is 3.17. The van der Waals surface area contributed by atoms with E-state index in [-0.39, 0.29) is 10.2 Å². The zero-order chi connectivity index (χ0) is 10.0. The Bertz CT molecular complexity index is 421. The van der Waals surface area contributed by atoms with Gasteiger partial charge in [0.2, 0.25) is 5.56 Å². The molecule has 68 valence electrons. The minimum absolute atomic E-state index is 0.147. The normalized spacial score (nSPS) is 10.1. The highest BCUT2D eigenvalue weighted by molar-refractivity contribution is 9.10. The lowest BCUT2D eigenvalue weighted by molar-refractivity contribution is 0.149. The van der Waals surface area contributed by atoms with E-state index in [1.807, 2.05) is 0 Å². The van der Waals surface area contributed by atoms with Gasteiger partial charge in [-0.15, -0.1) is 0 Å². The van der Waals surface area contributed by atoms with Crippen molar-refractivity contribution in [1.82, 2.24) is 4.98 Å². The second kappa shape index (κ2) is 3.66. The maximum absolute atomic E-state index is 12.3. The van der Waals surface area contributed by atoms with Crippen molar-refractivity contribution >= 4 is 15.9 Å². The summed E-state index contributed by atoms with van der Waals surface area (Å²) in [5.41, 5.74) is -1.39. The zero-order valence-corrected chi connectivity index (χ0v) is 7.73. The Kier molecular flexibility index (Phi) is 2.78. The van der Waals surface area contributed by atoms with Gasteiger partial charge >= 0.3 is 0 Å². The molecule has 0 aliphatic carbocycles. The van der Waals surface area contributed by atoms with Crippen LogP contribution in [0.3, 0.4) is 0 Å². The Morgan fingerprint density at radius 3 is 2.69 bits per heavy atom. The molecule has 0 saturated carbocycles. The monoisotopic (exact) mass is 248 g/mol. The fourth-order valence-corrected chi connectivity index (χ4v) is 1.43. The molecule has 0 unspecified atom stereocenters. The molecule has 13 heavy (non-hydrogen) atoms. The molecule has 0 aliphatic rings. The van der Waals surface area contributed by atoms with Gasteiger partial charge in [0.1, 0.15) is 0 Å². The van der Waals surface area contributed by atoms with Gasteiger partial charge in [-0.05, 0) is 15.9 Å². The van der Waals surface area contributed by atoms with Crippen molar-refractivity contribution in [2.24, 2.45) is 0 Å². The van der Waals surface area contributed by atoms with Crippen LogP contribution in [-0.4, -0.2) is 4.98 Å². The molecule has 6 heteroatoms. The van der Waals surface area contributed by atoms with Gasteiger partial charge in [-0.1, -0.05) is 0 Å². The minimum atomic E-state index is -2.79. The lowest BCUT2D eigenvalue weighted by Crippen LogP contribution is -2.09. The highest BCUT2D eigenvalue weighted by Crippen LogP contribution is 2.27. The standard InChI is InChI=1S/C7H3BrF2N2O/c8-6-5(7(9)10)3(2-11)1-4(13)12-6/h1,7H,(H,12,13). The van der Waals surface area contributed by atoms with Crippen LogP contribution in [-0.2, 0) is 0 Å². The third-order valence-electron chi connectivity index (χ3n) is 1.37.